The van der Waals surface area contributed by atoms with Crippen molar-refractivity contribution in [1.82, 2.24) is 4.98 Å². The second-order valence-corrected chi connectivity index (χ2v) is 9.26. The fourth-order valence-corrected chi connectivity index (χ4v) is 5.00. The van der Waals surface area contributed by atoms with E-state index in [2.05, 4.69) is 10.3 Å². The number of anilines is 1. The van der Waals surface area contributed by atoms with Gasteiger partial charge in [0.05, 0.1) is 11.3 Å². The lowest BCUT2D eigenvalue weighted by atomic mass is 9.90. The maximum atomic E-state index is 12.9. The third kappa shape index (κ3) is 4.12. The highest BCUT2D eigenvalue weighted by atomic mass is 16.4. The fraction of sp³-hybridized carbons (Fsp3) is 0.286. The van der Waals surface area contributed by atoms with Crippen molar-refractivity contribution in [2.75, 3.05) is 5.32 Å². The molecule has 3 aromatic rings. The third-order valence-corrected chi connectivity index (χ3v) is 7.17. The Morgan fingerprint density at radius 1 is 0.853 bits per heavy atom. The predicted molar refractivity (Wildman–Crippen MR) is 128 cm³/mol. The summed E-state index contributed by atoms with van der Waals surface area (Å²) in [6.07, 6.45) is 5.23. The van der Waals surface area contributed by atoms with Crippen molar-refractivity contribution in [3.63, 3.8) is 0 Å². The van der Waals surface area contributed by atoms with E-state index in [-0.39, 0.29) is 11.7 Å². The zero-order valence-electron chi connectivity index (χ0n) is 18.7. The number of Topliss-reactive ketones (excluding diaryl/α,β-unsaturated/α-hetero) is 1. The Kier molecular flexibility index (Phi) is 5.74. The van der Waals surface area contributed by atoms with Gasteiger partial charge in [0.25, 0.3) is 0 Å². The first-order valence-electron chi connectivity index (χ1n) is 11.7. The summed E-state index contributed by atoms with van der Waals surface area (Å²) in [4.78, 5) is 41.5. The van der Waals surface area contributed by atoms with E-state index in [4.69, 9.17) is 0 Å². The van der Waals surface area contributed by atoms with Crippen LogP contribution in [-0.2, 0) is 15.0 Å². The molecule has 1 amide bonds. The topological polar surface area (TPSA) is 96.4 Å². The van der Waals surface area contributed by atoms with Crippen LogP contribution >= 0.6 is 0 Å². The minimum atomic E-state index is -0.906. The zero-order chi connectivity index (χ0) is 23.7. The minimum absolute atomic E-state index is 0.0163. The van der Waals surface area contributed by atoms with E-state index in [1.165, 1.54) is 0 Å². The highest BCUT2D eigenvalue weighted by molar-refractivity contribution is 6.01. The van der Waals surface area contributed by atoms with Gasteiger partial charge in [-0.2, -0.15) is 0 Å². The second-order valence-electron chi connectivity index (χ2n) is 9.26. The monoisotopic (exact) mass is 454 g/mol. The van der Waals surface area contributed by atoms with Crippen LogP contribution in [-0.4, -0.2) is 27.8 Å². The highest BCUT2D eigenvalue weighted by Crippen LogP contribution is 2.49. The van der Waals surface area contributed by atoms with Crippen LogP contribution in [0.2, 0.25) is 0 Å². The van der Waals surface area contributed by atoms with Gasteiger partial charge in [0, 0.05) is 23.4 Å². The smallest absolute Gasteiger partial charge is 0.307 e. The van der Waals surface area contributed by atoms with E-state index >= 15 is 0 Å². The average molecular weight is 455 g/mol. The molecule has 6 nitrogen and oxygen atoms in total. The van der Waals surface area contributed by atoms with Gasteiger partial charge in [-0.3, -0.25) is 19.4 Å². The summed E-state index contributed by atoms with van der Waals surface area (Å²) in [7, 11) is 0. The number of rotatable bonds is 7. The molecule has 2 atom stereocenters. The molecule has 2 unspecified atom stereocenters. The van der Waals surface area contributed by atoms with Gasteiger partial charge in [0.2, 0.25) is 5.91 Å². The Balaban J connectivity index is 1.25. The van der Waals surface area contributed by atoms with Crippen LogP contribution in [0.15, 0.2) is 72.9 Å². The molecule has 172 valence electrons. The molecule has 2 saturated carbocycles. The molecule has 2 aliphatic carbocycles. The Labute approximate surface area is 198 Å². The lowest BCUT2D eigenvalue weighted by Crippen LogP contribution is -2.27. The largest absolute Gasteiger partial charge is 0.481 e. The molecule has 2 N–H and O–H groups in total. The van der Waals surface area contributed by atoms with Gasteiger partial charge in [-0.05, 0) is 55.0 Å². The van der Waals surface area contributed by atoms with Crippen LogP contribution < -0.4 is 5.32 Å². The Morgan fingerprint density at radius 2 is 1.53 bits per heavy atom. The number of carboxylic acid groups (broad SMARTS) is 1. The predicted octanol–water partition coefficient (Wildman–Crippen LogP) is 5.10. The Hall–Kier alpha value is -3.80. The van der Waals surface area contributed by atoms with Crippen molar-refractivity contribution in [1.29, 1.82) is 0 Å². The molecule has 1 aromatic heterocycles. The fourth-order valence-electron chi connectivity index (χ4n) is 5.00. The van der Waals surface area contributed by atoms with Gasteiger partial charge in [-0.25, -0.2) is 0 Å². The molecule has 0 bridgehead atoms. The summed E-state index contributed by atoms with van der Waals surface area (Å²) >= 11 is 0. The molecule has 34 heavy (non-hydrogen) atoms. The zero-order valence-corrected chi connectivity index (χ0v) is 18.7. The molecule has 2 fully saturated rings. The first-order chi connectivity index (χ1) is 16.5. The number of aliphatic carboxylic acids is 1. The number of hydrogen-bond acceptors (Lipinski definition) is 4. The summed E-state index contributed by atoms with van der Waals surface area (Å²) in [6, 6.07) is 20.9. The van der Waals surface area contributed by atoms with E-state index in [0.29, 0.717) is 18.5 Å². The number of ketones is 1. The van der Waals surface area contributed by atoms with Crippen molar-refractivity contribution in [2.45, 2.75) is 37.5 Å². The van der Waals surface area contributed by atoms with E-state index in [0.717, 1.165) is 41.6 Å². The molecule has 0 spiro atoms. The molecule has 0 aliphatic heterocycles. The highest BCUT2D eigenvalue weighted by Gasteiger charge is 2.51. The van der Waals surface area contributed by atoms with Gasteiger partial charge in [-0.15, -0.1) is 0 Å². The molecular weight excluding hydrogens is 428 g/mol. The number of carboxylic acids is 1. The van der Waals surface area contributed by atoms with Gasteiger partial charge < -0.3 is 10.4 Å². The molecule has 5 rings (SSSR count). The minimum Gasteiger partial charge on any atom is -0.481 e. The summed E-state index contributed by atoms with van der Waals surface area (Å²) in [5.41, 5.74) is 3.43. The lowest BCUT2D eigenvalue weighted by molar-refractivity contribution is -0.142. The van der Waals surface area contributed by atoms with Crippen LogP contribution in [0.5, 0.6) is 0 Å². The van der Waals surface area contributed by atoms with Crippen molar-refractivity contribution in [3.05, 3.63) is 84.2 Å². The Bertz CT molecular complexity index is 1220. The summed E-state index contributed by atoms with van der Waals surface area (Å²) < 4.78 is 0. The maximum Gasteiger partial charge on any atom is 0.307 e. The molecule has 6 heteroatoms. The van der Waals surface area contributed by atoms with Crippen molar-refractivity contribution in [3.8, 4) is 11.1 Å². The van der Waals surface area contributed by atoms with Gasteiger partial charge in [0.15, 0.2) is 5.78 Å². The summed E-state index contributed by atoms with van der Waals surface area (Å²) in [5, 5.41) is 12.4. The number of hydrogen-bond donors (Lipinski definition) is 2. The van der Waals surface area contributed by atoms with Gasteiger partial charge >= 0.3 is 5.97 Å². The number of nitrogens with one attached hydrogen (secondary N) is 1. The van der Waals surface area contributed by atoms with E-state index < -0.39 is 23.2 Å². The number of benzene rings is 2. The molecule has 2 aromatic carbocycles. The number of amides is 1. The Morgan fingerprint density at radius 3 is 2.15 bits per heavy atom. The first kappa shape index (κ1) is 22.0. The SMILES string of the molecule is O=C(O)C1CCCC1C(=O)c1ccc(-c2ccc(NC(=O)C3(c4ccccc4)CC3)cc2)cn1. The second kappa shape index (κ2) is 8.86. The standard InChI is InChI=1S/C28H26N2O4/c31-25(22-7-4-8-23(22)26(32)33)24-14-11-19(17-29-24)18-9-12-21(13-10-18)30-27(34)28(15-16-28)20-5-2-1-3-6-20/h1-3,5-6,9-14,17,22-23H,4,7-8,15-16H2,(H,30,34)(H,32,33). The quantitative estimate of drug-likeness (QED) is 0.484. The number of aromatic nitrogens is 1. The van der Waals surface area contributed by atoms with Crippen LogP contribution in [0.25, 0.3) is 11.1 Å². The van der Waals surface area contributed by atoms with Gasteiger partial charge in [-0.1, -0.05) is 55.0 Å². The molecule has 1 heterocycles. The van der Waals surface area contributed by atoms with Crippen LogP contribution in [0.1, 0.15) is 48.2 Å². The number of nitrogens with zero attached hydrogens (tertiary/aromatic N) is 1. The molecule has 0 radical (unpaired) electrons. The number of pyridine rings is 1. The maximum absolute atomic E-state index is 12.9. The summed E-state index contributed by atoms with van der Waals surface area (Å²) in [5.74, 6) is -2.20. The average Bonchev–Trinajstić information content (AvgIpc) is 3.54. The molecular formula is C28H26N2O4. The van der Waals surface area contributed by atoms with Gasteiger partial charge in [0.1, 0.15) is 5.69 Å². The normalized spacial score (nSPS) is 20.5. The van der Waals surface area contributed by atoms with Crippen molar-refractivity contribution >= 4 is 23.3 Å². The molecule has 0 saturated heterocycles. The van der Waals surface area contributed by atoms with E-state index in [1.807, 2.05) is 60.7 Å². The first-order valence-corrected chi connectivity index (χ1v) is 11.7. The summed E-state index contributed by atoms with van der Waals surface area (Å²) in [6.45, 7) is 0. The van der Waals surface area contributed by atoms with Crippen LogP contribution in [0.4, 0.5) is 5.69 Å². The van der Waals surface area contributed by atoms with Crippen molar-refractivity contribution in [2.24, 2.45) is 11.8 Å². The van der Waals surface area contributed by atoms with E-state index in [9.17, 15) is 19.5 Å². The number of carbonyl (C=O) groups excluding carboxylic acids is 2. The third-order valence-electron chi connectivity index (χ3n) is 7.17. The molecule has 2 aliphatic rings. The van der Waals surface area contributed by atoms with E-state index in [1.54, 1.807) is 12.3 Å². The van der Waals surface area contributed by atoms with Crippen LogP contribution in [0.3, 0.4) is 0 Å². The van der Waals surface area contributed by atoms with Crippen LogP contribution in [0, 0.1) is 11.8 Å². The lowest BCUT2D eigenvalue weighted by Gasteiger charge is -2.16. The van der Waals surface area contributed by atoms with Crippen molar-refractivity contribution < 1.29 is 19.5 Å². The number of carbonyl (C=O) groups is 3.